The number of fused-ring (bicyclic) bond motifs is 3. The maximum Gasteiger partial charge on any atom is 0.339 e. The van der Waals surface area contributed by atoms with Gasteiger partial charge in [0.1, 0.15) is 6.61 Å². The van der Waals surface area contributed by atoms with Gasteiger partial charge in [0.05, 0.1) is 24.3 Å². The molecule has 13 nitrogen and oxygen atoms in total. The van der Waals surface area contributed by atoms with Crippen molar-refractivity contribution in [2.45, 2.75) is 11.7 Å². The van der Waals surface area contributed by atoms with Crippen molar-refractivity contribution in [3.05, 3.63) is 23.3 Å². The number of hydrogen-bond acceptors (Lipinski definition) is 13. The molecule has 1 aliphatic heterocycles. The van der Waals surface area contributed by atoms with Crippen LogP contribution in [0.15, 0.2) is 12.1 Å². The van der Waals surface area contributed by atoms with Crippen LogP contribution in [0.1, 0.15) is 20.7 Å². The molecule has 1 atom stereocenters. The highest BCUT2D eigenvalue weighted by Crippen LogP contribution is 2.52. The lowest BCUT2D eigenvalue weighted by Crippen LogP contribution is -2.54. The van der Waals surface area contributed by atoms with Crippen molar-refractivity contribution in [2.24, 2.45) is 0 Å². The molecular weight excluding hydrogens is 460 g/mol. The zero-order valence-corrected chi connectivity index (χ0v) is 17.9. The summed E-state index contributed by atoms with van der Waals surface area (Å²) >= 11 is 0. The van der Waals surface area contributed by atoms with Crippen molar-refractivity contribution < 1.29 is 64.3 Å². The van der Waals surface area contributed by atoms with Gasteiger partial charge in [-0.15, -0.1) is 0 Å². The second-order valence-corrected chi connectivity index (χ2v) is 7.49. The van der Waals surface area contributed by atoms with Gasteiger partial charge in [0.25, 0.3) is 0 Å². The van der Waals surface area contributed by atoms with Crippen molar-refractivity contribution in [1.82, 2.24) is 0 Å². The first kappa shape index (κ1) is 24.7. The topological polar surface area (TPSA) is 213 Å². The Hall–Kier alpha value is -3.94. The fourth-order valence-corrected chi connectivity index (χ4v) is 3.57. The van der Waals surface area contributed by atoms with Crippen molar-refractivity contribution in [2.75, 3.05) is 34.0 Å². The van der Waals surface area contributed by atoms with Crippen LogP contribution in [0.2, 0.25) is 0 Å². The molecule has 34 heavy (non-hydrogen) atoms. The Morgan fingerprint density at radius 3 is 1.71 bits per heavy atom. The van der Waals surface area contributed by atoms with E-state index in [9.17, 15) is 45.3 Å². The summed E-state index contributed by atoms with van der Waals surface area (Å²) in [5.74, 6) is -8.98. The largest absolute Gasteiger partial charge is 0.504 e. The van der Waals surface area contributed by atoms with Gasteiger partial charge in [0.15, 0.2) is 34.7 Å². The molecule has 0 radical (unpaired) electrons. The van der Waals surface area contributed by atoms with Crippen molar-refractivity contribution in [1.29, 1.82) is 0 Å². The molecule has 7 N–H and O–H groups in total. The molecule has 2 aromatic rings. The first-order valence-corrected chi connectivity index (χ1v) is 9.61. The van der Waals surface area contributed by atoms with E-state index in [-0.39, 0.29) is 0 Å². The second-order valence-electron chi connectivity index (χ2n) is 7.49. The van der Waals surface area contributed by atoms with Crippen LogP contribution in [-0.2, 0) is 18.9 Å². The van der Waals surface area contributed by atoms with Crippen molar-refractivity contribution >= 4 is 11.9 Å². The predicted octanol–water partition coefficient (Wildman–Crippen LogP) is 0.307. The number of methoxy groups -OCH3 is 2. The number of rotatable bonds is 5. The van der Waals surface area contributed by atoms with Crippen LogP contribution in [0.3, 0.4) is 0 Å². The number of esters is 2. The Balaban J connectivity index is 2.34. The van der Waals surface area contributed by atoms with Gasteiger partial charge in [-0.05, 0) is 12.1 Å². The lowest BCUT2D eigenvalue weighted by atomic mass is 9.91. The van der Waals surface area contributed by atoms with E-state index in [0.717, 1.165) is 0 Å². The Morgan fingerprint density at radius 2 is 1.26 bits per heavy atom. The number of phenolic OH excluding ortho intramolecular Hbond substituents is 6. The fourth-order valence-electron chi connectivity index (χ4n) is 3.57. The Labute approximate surface area is 191 Å². The number of aromatic hydroxyl groups is 6. The maximum atomic E-state index is 13.1. The number of carbonyl (C=O) groups is 2. The number of ether oxygens (including phenoxy) is 4. The molecule has 13 heteroatoms. The van der Waals surface area contributed by atoms with E-state index >= 15 is 0 Å². The number of phenols is 6. The van der Waals surface area contributed by atoms with Crippen LogP contribution >= 0.6 is 0 Å². The summed E-state index contributed by atoms with van der Waals surface area (Å²) < 4.78 is 20.3. The highest BCUT2D eigenvalue weighted by molar-refractivity contribution is 6.08. The maximum absolute atomic E-state index is 13.1. The van der Waals surface area contributed by atoms with Gasteiger partial charge in [-0.1, -0.05) is 0 Å². The van der Waals surface area contributed by atoms with E-state index in [2.05, 4.69) is 0 Å². The molecule has 0 unspecified atom stereocenters. The molecule has 0 saturated carbocycles. The van der Waals surface area contributed by atoms with Gasteiger partial charge in [-0.3, -0.25) is 0 Å². The molecule has 3 rings (SSSR count). The second kappa shape index (κ2) is 9.13. The molecular formula is C21H22O13. The number of cyclic esters (lactones) is 2. The molecule has 1 heterocycles. The molecule has 184 valence electrons. The standard InChI is InChI=1S/C21H22O13/c1-31-6-21(30,7-32-2)12-5-33-19(28)8-3-10(22)15(24)17(26)13(8)14-9(20(29)34-12)4-11(23)16(25)18(14)27/h3-4,12,22-27,30H,5-7H2,1-2H3/t12-/m0/s1. The minimum Gasteiger partial charge on any atom is -0.504 e. The molecule has 0 aliphatic carbocycles. The summed E-state index contributed by atoms with van der Waals surface area (Å²) in [6.45, 7) is -1.61. The molecule has 0 saturated heterocycles. The SMILES string of the molecule is COCC(O)(COC)[C@@H]1COC(=O)c2cc(O)c(O)c(O)c2-c2c(cc(O)c(O)c2O)C(=O)O1. The smallest absolute Gasteiger partial charge is 0.339 e. The average molecular weight is 482 g/mol. The lowest BCUT2D eigenvalue weighted by molar-refractivity contribution is -0.158. The summed E-state index contributed by atoms with van der Waals surface area (Å²) in [7, 11) is 2.49. The first-order chi connectivity index (χ1) is 16.0. The minimum atomic E-state index is -2.03. The van der Waals surface area contributed by atoms with Crippen LogP contribution in [0, 0.1) is 0 Å². The number of benzene rings is 2. The van der Waals surface area contributed by atoms with Crippen LogP contribution in [0.4, 0.5) is 0 Å². The average Bonchev–Trinajstić information content (AvgIpc) is 2.78. The normalized spacial score (nSPS) is 16.3. The number of hydrogen-bond donors (Lipinski definition) is 7. The minimum absolute atomic E-state index is 0.429. The van der Waals surface area contributed by atoms with Gasteiger partial charge in [0.2, 0.25) is 11.5 Å². The summed E-state index contributed by atoms with van der Waals surface area (Å²) in [5.41, 5.74) is -4.77. The first-order valence-electron chi connectivity index (χ1n) is 9.61. The molecule has 0 amide bonds. The van der Waals surface area contributed by atoms with Crippen molar-refractivity contribution in [3.8, 4) is 45.6 Å². The van der Waals surface area contributed by atoms with Gasteiger partial charge in [-0.2, -0.15) is 0 Å². The molecule has 0 spiro atoms. The number of carbonyl (C=O) groups excluding carboxylic acids is 2. The number of aliphatic hydroxyl groups is 1. The van der Waals surface area contributed by atoms with Crippen LogP contribution in [0.25, 0.3) is 11.1 Å². The molecule has 2 aromatic carbocycles. The third kappa shape index (κ3) is 4.07. The Kier molecular flexibility index (Phi) is 6.63. The molecule has 1 aliphatic rings. The van der Waals surface area contributed by atoms with E-state index in [4.69, 9.17) is 18.9 Å². The van der Waals surface area contributed by atoms with Gasteiger partial charge >= 0.3 is 11.9 Å². The van der Waals surface area contributed by atoms with E-state index < -0.39 is 100 Å². The quantitative estimate of drug-likeness (QED) is 0.226. The molecule has 0 fully saturated rings. The summed E-state index contributed by atoms with van der Waals surface area (Å²) in [6, 6.07) is 1.37. The van der Waals surface area contributed by atoms with Crippen molar-refractivity contribution in [3.63, 3.8) is 0 Å². The fraction of sp³-hybridized carbons (Fsp3) is 0.333. The summed E-state index contributed by atoms with van der Waals surface area (Å²) in [6.07, 6.45) is -1.60. The third-order valence-electron chi connectivity index (χ3n) is 5.20. The van der Waals surface area contributed by atoms with Gasteiger partial charge < -0.3 is 54.7 Å². The summed E-state index contributed by atoms with van der Waals surface area (Å²) in [4.78, 5) is 26.0. The highest BCUT2D eigenvalue weighted by Gasteiger charge is 2.43. The predicted molar refractivity (Wildman–Crippen MR) is 110 cm³/mol. The van der Waals surface area contributed by atoms with E-state index in [1.54, 1.807) is 0 Å². The zero-order chi connectivity index (χ0) is 25.4. The Bertz CT molecular complexity index is 1130. The van der Waals surface area contributed by atoms with Gasteiger partial charge in [0, 0.05) is 25.3 Å². The molecule has 0 aromatic heterocycles. The molecule has 0 bridgehead atoms. The van der Waals surface area contributed by atoms with Crippen LogP contribution < -0.4 is 0 Å². The van der Waals surface area contributed by atoms with E-state index in [0.29, 0.717) is 12.1 Å². The van der Waals surface area contributed by atoms with Gasteiger partial charge in [-0.25, -0.2) is 9.59 Å². The van der Waals surface area contributed by atoms with E-state index in [1.807, 2.05) is 0 Å². The monoisotopic (exact) mass is 482 g/mol. The van der Waals surface area contributed by atoms with E-state index in [1.165, 1.54) is 14.2 Å². The van der Waals surface area contributed by atoms with Crippen LogP contribution in [0.5, 0.6) is 34.5 Å². The summed E-state index contributed by atoms with van der Waals surface area (Å²) in [5, 5.41) is 71.9. The van der Waals surface area contributed by atoms with Crippen LogP contribution in [-0.4, -0.2) is 93.4 Å². The Morgan fingerprint density at radius 1 is 0.824 bits per heavy atom. The lowest BCUT2D eigenvalue weighted by Gasteiger charge is -2.34. The third-order valence-corrected chi connectivity index (χ3v) is 5.20. The zero-order valence-electron chi connectivity index (χ0n) is 17.9. The highest BCUT2D eigenvalue weighted by atomic mass is 16.6.